The summed E-state index contributed by atoms with van der Waals surface area (Å²) in [6.45, 7) is 0. The normalized spacial score (nSPS) is 11.1. The van der Waals surface area contributed by atoms with Gasteiger partial charge in [-0.05, 0) is 42.3 Å². The van der Waals surface area contributed by atoms with E-state index in [0.29, 0.717) is 24.3 Å². The minimum Gasteiger partial charge on any atom is -0.340 e. The predicted octanol–water partition coefficient (Wildman–Crippen LogP) is 5.42. The first-order valence-electron chi connectivity index (χ1n) is 8.64. The van der Waals surface area contributed by atoms with Crippen molar-refractivity contribution < 1.29 is 18.0 Å². The highest BCUT2D eigenvalue weighted by Crippen LogP contribution is 2.31. The zero-order valence-electron chi connectivity index (χ0n) is 14.8. The Morgan fingerprint density at radius 2 is 1.71 bits per heavy atom. The summed E-state index contributed by atoms with van der Waals surface area (Å²) >= 11 is 0. The number of nitrogens with zero attached hydrogens (tertiary/aromatic N) is 1. The van der Waals surface area contributed by atoms with Crippen molar-refractivity contribution in [1.82, 2.24) is 4.98 Å². The third-order valence-electron chi connectivity index (χ3n) is 3.99. The van der Waals surface area contributed by atoms with Crippen molar-refractivity contribution in [2.24, 2.45) is 0 Å². The van der Waals surface area contributed by atoms with Gasteiger partial charge in [0.1, 0.15) is 5.82 Å². The molecule has 2 aromatic carbocycles. The quantitative estimate of drug-likeness (QED) is 0.596. The summed E-state index contributed by atoms with van der Waals surface area (Å²) in [6.07, 6.45) is -1.97. The van der Waals surface area contributed by atoms with Gasteiger partial charge in [0, 0.05) is 12.1 Å². The lowest BCUT2D eigenvalue weighted by Gasteiger charge is -2.11. The number of carbonyl (C=O) groups is 1. The molecule has 0 aliphatic heterocycles. The number of benzene rings is 2. The first-order chi connectivity index (χ1) is 13.4. The van der Waals surface area contributed by atoms with Crippen LogP contribution in [0, 0.1) is 0 Å². The van der Waals surface area contributed by atoms with E-state index in [1.807, 2.05) is 30.3 Å². The van der Waals surface area contributed by atoms with E-state index in [1.54, 1.807) is 12.1 Å². The summed E-state index contributed by atoms with van der Waals surface area (Å²) in [5.41, 5.74) is 1.14. The molecule has 1 aromatic heterocycles. The topological polar surface area (TPSA) is 54.0 Å². The summed E-state index contributed by atoms with van der Waals surface area (Å²) in [5, 5.41) is 5.57. The maximum absolute atomic E-state index is 12.8. The number of halogens is 3. The Morgan fingerprint density at radius 3 is 2.39 bits per heavy atom. The number of amides is 1. The molecule has 3 aromatic rings. The first kappa shape index (κ1) is 19.4. The Hall–Kier alpha value is -3.35. The molecule has 0 aliphatic rings. The minimum absolute atomic E-state index is 0.135. The number of pyridine rings is 1. The fraction of sp³-hybridized carbons (Fsp3) is 0.143. The second-order valence-corrected chi connectivity index (χ2v) is 6.17. The number of carbonyl (C=O) groups excluding carboxylic acids is 1. The van der Waals surface area contributed by atoms with Crippen molar-refractivity contribution in [2.75, 3.05) is 10.6 Å². The Bertz CT molecular complexity index is 926. The van der Waals surface area contributed by atoms with E-state index in [4.69, 9.17) is 0 Å². The second kappa shape index (κ2) is 8.56. The van der Waals surface area contributed by atoms with Crippen LogP contribution in [0.3, 0.4) is 0 Å². The van der Waals surface area contributed by atoms with Crippen molar-refractivity contribution in [3.05, 3.63) is 84.1 Å². The summed E-state index contributed by atoms with van der Waals surface area (Å²) in [6, 6.07) is 17.8. The average Bonchev–Trinajstić information content (AvgIpc) is 2.68. The number of aryl methyl sites for hydroxylation is 1. The molecular formula is C21H18F3N3O. The molecule has 7 heteroatoms. The lowest BCUT2D eigenvalue weighted by atomic mass is 10.1. The molecule has 3 rings (SSSR count). The summed E-state index contributed by atoms with van der Waals surface area (Å²) < 4.78 is 38.3. The van der Waals surface area contributed by atoms with Gasteiger partial charge in [-0.2, -0.15) is 13.2 Å². The van der Waals surface area contributed by atoms with Gasteiger partial charge in [0.2, 0.25) is 5.91 Å². The molecule has 0 bridgehead atoms. The standard InChI is InChI=1S/C21H18F3N3O/c22-21(23,24)16-7-4-8-17(13-16)26-19-11-10-18(14-25-19)27-20(28)12-9-15-5-2-1-3-6-15/h1-8,10-11,13-14H,9,12H2,(H,25,26)(H,27,28). The fourth-order valence-electron chi connectivity index (χ4n) is 2.59. The fourth-order valence-corrected chi connectivity index (χ4v) is 2.59. The van der Waals surface area contributed by atoms with Gasteiger partial charge in [0.25, 0.3) is 0 Å². The SMILES string of the molecule is O=C(CCc1ccccc1)Nc1ccc(Nc2cccc(C(F)(F)F)c2)nc1. The maximum atomic E-state index is 12.8. The van der Waals surface area contributed by atoms with Crippen molar-refractivity contribution in [3.8, 4) is 0 Å². The van der Waals surface area contributed by atoms with Crippen molar-refractivity contribution in [1.29, 1.82) is 0 Å². The molecule has 4 nitrogen and oxygen atoms in total. The van der Waals surface area contributed by atoms with Gasteiger partial charge < -0.3 is 10.6 Å². The molecule has 0 saturated heterocycles. The van der Waals surface area contributed by atoms with Crippen molar-refractivity contribution >= 4 is 23.1 Å². The third-order valence-corrected chi connectivity index (χ3v) is 3.99. The van der Waals surface area contributed by atoms with E-state index >= 15 is 0 Å². The Morgan fingerprint density at radius 1 is 0.929 bits per heavy atom. The molecule has 0 unspecified atom stereocenters. The molecule has 1 amide bonds. The van der Waals surface area contributed by atoms with Crippen molar-refractivity contribution in [3.63, 3.8) is 0 Å². The smallest absolute Gasteiger partial charge is 0.340 e. The van der Waals surface area contributed by atoms with Crippen LogP contribution in [-0.4, -0.2) is 10.9 Å². The molecule has 0 radical (unpaired) electrons. The summed E-state index contributed by atoms with van der Waals surface area (Å²) in [5.74, 6) is 0.242. The largest absolute Gasteiger partial charge is 0.416 e. The van der Waals surface area contributed by atoms with Gasteiger partial charge in [-0.25, -0.2) is 4.98 Å². The molecule has 0 spiro atoms. The van der Waals surface area contributed by atoms with E-state index in [2.05, 4.69) is 15.6 Å². The van der Waals surface area contributed by atoms with Gasteiger partial charge in [-0.1, -0.05) is 36.4 Å². The maximum Gasteiger partial charge on any atom is 0.416 e. The zero-order chi connectivity index (χ0) is 20.0. The van der Waals surface area contributed by atoms with E-state index < -0.39 is 11.7 Å². The van der Waals surface area contributed by atoms with Gasteiger partial charge in [-0.15, -0.1) is 0 Å². The minimum atomic E-state index is -4.40. The molecule has 0 atom stereocenters. The van der Waals surface area contributed by atoms with Crippen LogP contribution in [0.15, 0.2) is 72.9 Å². The van der Waals surface area contributed by atoms with Gasteiger partial charge >= 0.3 is 6.18 Å². The highest BCUT2D eigenvalue weighted by molar-refractivity contribution is 5.90. The van der Waals surface area contributed by atoms with Crippen LogP contribution in [-0.2, 0) is 17.4 Å². The number of rotatable bonds is 6. The highest BCUT2D eigenvalue weighted by atomic mass is 19.4. The number of alkyl halides is 3. The molecule has 0 fully saturated rings. The summed E-state index contributed by atoms with van der Waals surface area (Å²) in [4.78, 5) is 16.2. The van der Waals surface area contributed by atoms with Crippen LogP contribution >= 0.6 is 0 Å². The predicted molar refractivity (Wildman–Crippen MR) is 102 cm³/mol. The zero-order valence-corrected chi connectivity index (χ0v) is 14.8. The van der Waals surface area contributed by atoms with Crippen LogP contribution < -0.4 is 10.6 Å². The van der Waals surface area contributed by atoms with E-state index in [1.165, 1.54) is 18.3 Å². The number of hydrogen-bond acceptors (Lipinski definition) is 3. The van der Waals surface area contributed by atoms with Crippen LogP contribution in [0.2, 0.25) is 0 Å². The average molecular weight is 385 g/mol. The van der Waals surface area contributed by atoms with E-state index in [-0.39, 0.29) is 11.6 Å². The van der Waals surface area contributed by atoms with E-state index in [0.717, 1.165) is 17.7 Å². The van der Waals surface area contributed by atoms with Crippen LogP contribution in [0.5, 0.6) is 0 Å². The lowest BCUT2D eigenvalue weighted by Crippen LogP contribution is -2.12. The molecule has 28 heavy (non-hydrogen) atoms. The van der Waals surface area contributed by atoms with Crippen LogP contribution in [0.4, 0.5) is 30.4 Å². The Labute approximate surface area is 160 Å². The molecular weight excluding hydrogens is 367 g/mol. The Kier molecular flexibility index (Phi) is 5.93. The molecule has 144 valence electrons. The highest BCUT2D eigenvalue weighted by Gasteiger charge is 2.30. The summed E-state index contributed by atoms with van der Waals surface area (Å²) in [7, 11) is 0. The molecule has 2 N–H and O–H groups in total. The molecule has 0 saturated carbocycles. The van der Waals surface area contributed by atoms with Gasteiger partial charge in [0.15, 0.2) is 0 Å². The van der Waals surface area contributed by atoms with E-state index in [9.17, 15) is 18.0 Å². The lowest BCUT2D eigenvalue weighted by molar-refractivity contribution is -0.137. The van der Waals surface area contributed by atoms with Crippen molar-refractivity contribution in [2.45, 2.75) is 19.0 Å². The molecule has 0 aliphatic carbocycles. The Balaban J connectivity index is 1.55. The van der Waals surface area contributed by atoms with Gasteiger partial charge in [-0.3, -0.25) is 4.79 Å². The number of hydrogen-bond donors (Lipinski definition) is 2. The van der Waals surface area contributed by atoms with Crippen LogP contribution in [0.25, 0.3) is 0 Å². The number of nitrogens with one attached hydrogen (secondary N) is 2. The number of aromatic nitrogens is 1. The number of anilines is 3. The monoisotopic (exact) mass is 385 g/mol. The van der Waals surface area contributed by atoms with Gasteiger partial charge in [0.05, 0.1) is 17.4 Å². The molecule has 1 heterocycles. The first-order valence-corrected chi connectivity index (χ1v) is 8.64. The second-order valence-electron chi connectivity index (χ2n) is 6.17. The third kappa shape index (κ3) is 5.57. The van der Waals surface area contributed by atoms with Crippen LogP contribution in [0.1, 0.15) is 17.5 Å².